The van der Waals surface area contributed by atoms with Gasteiger partial charge in [-0.2, -0.15) is 0 Å². The lowest BCUT2D eigenvalue weighted by Gasteiger charge is -2.44. The standard InChI is InChI=1S/C17H35N3O/c1-6-14(7-8-18)19-9-11-20(12-10-19)15-13-16(2,3)21-17(15,4)5/h14-15H,6-13,18H2,1-5H3. The summed E-state index contributed by atoms with van der Waals surface area (Å²) < 4.78 is 6.26. The lowest BCUT2D eigenvalue weighted by Crippen LogP contribution is -2.56. The van der Waals surface area contributed by atoms with Crippen LogP contribution in [-0.4, -0.2) is 65.8 Å². The summed E-state index contributed by atoms with van der Waals surface area (Å²) in [6.45, 7) is 16.7. The molecule has 4 heteroatoms. The van der Waals surface area contributed by atoms with Crippen molar-refractivity contribution < 1.29 is 4.74 Å². The highest BCUT2D eigenvalue weighted by molar-refractivity contribution is 5.01. The highest BCUT2D eigenvalue weighted by Crippen LogP contribution is 2.40. The Kier molecular flexibility index (Phi) is 5.35. The van der Waals surface area contributed by atoms with Crippen molar-refractivity contribution in [3.05, 3.63) is 0 Å². The van der Waals surface area contributed by atoms with Gasteiger partial charge in [0.05, 0.1) is 11.2 Å². The molecule has 124 valence electrons. The average molecular weight is 297 g/mol. The second-order valence-electron chi connectivity index (χ2n) is 7.90. The SMILES string of the molecule is CCC(CCN)N1CCN(C2CC(C)(C)OC2(C)C)CC1. The third-order valence-corrected chi connectivity index (χ3v) is 5.30. The number of hydrogen-bond donors (Lipinski definition) is 1. The van der Waals surface area contributed by atoms with Gasteiger partial charge in [0.15, 0.2) is 0 Å². The van der Waals surface area contributed by atoms with Crippen molar-refractivity contribution in [1.82, 2.24) is 9.80 Å². The van der Waals surface area contributed by atoms with Gasteiger partial charge in [-0.05, 0) is 53.5 Å². The summed E-state index contributed by atoms with van der Waals surface area (Å²) in [5.41, 5.74) is 5.73. The topological polar surface area (TPSA) is 41.7 Å². The van der Waals surface area contributed by atoms with Crippen LogP contribution in [0.5, 0.6) is 0 Å². The predicted molar refractivity (Wildman–Crippen MR) is 88.5 cm³/mol. The Morgan fingerprint density at radius 1 is 1.14 bits per heavy atom. The zero-order valence-electron chi connectivity index (χ0n) is 14.7. The zero-order valence-corrected chi connectivity index (χ0v) is 14.7. The smallest absolute Gasteiger partial charge is 0.0789 e. The van der Waals surface area contributed by atoms with Crippen LogP contribution in [0, 0.1) is 0 Å². The molecule has 2 fully saturated rings. The van der Waals surface area contributed by atoms with Gasteiger partial charge in [0, 0.05) is 38.3 Å². The van der Waals surface area contributed by atoms with Crippen LogP contribution in [0.1, 0.15) is 53.9 Å². The van der Waals surface area contributed by atoms with Crippen molar-refractivity contribution in [3.8, 4) is 0 Å². The van der Waals surface area contributed by atoms with E-state index in [1.807, 2.05) is 0 Å². The van der Waals surface area contributed by atoms with Crippen LogP contribution < -0.4 is 5.73 Å². The zero-order chi connectivity index (χ0) is 15.7. The van der Waals surface area contributed by atoms with E-state index in [0.29, 0.717) is 12.1 Å². The van der Waals surface area contributed by atoms with Crippen LogP contribution in [0.3, 0.4) is 0 Å². The third-order valence-electron chi connectivity index (χ3n) is 5.30. The van der Waals surface area contributed by atoms with E-state index in [-0.39, 0.29) is 11.2 Å². The summed E-state index contributed by atoms with van der Waals surface area (Å²) >= 11 is 0. The maximum atomic E-state index is 6.26. The molecule has 0 amide bonds. The first-order chi connectivity index (χ1) is 9.79. The minimum Gasteiger partial charge on any atom is -0.368 e. The number of ether oxygens (including phenoxy) is 1. The highest BCUT2D eigenvalue weighted by atomic mass is 16.5. The lowest BCUT2D eigenvalue weighted by molar-refractivity contribution is -0.0843. The number of hydrogen-bond acceptors (Lipinski definition) is 4. The number of piperazine rings is 1. The van der Waals surface area contributed by atoms with Gasteiger partial charge in [0.1, 0.15) is 0 Å². The van der Waals surface area contributed by atoms with E-state index >= 15 is 0 Å². The molecule has 0 bridgehead atoms. The summed E-state index contributed by atoms with van der Waals surface area (Å²) in [5.74, 6) is 0. The van der Waals surface area contributed by atoms with Gasteiger partial charge in [-0.15, -0.1) is 0 Å². The van der Waals surface area contributed by atoms with Crippen LogP contribution in [0.25, 0.3) is 0 Å². The van der Waals surface area contributed by atoms with Gasteiger partial charge in [-0.1, -0.05) is 6.92 Å². The van der Waals surface area contributed by atoms with Crippen LogP contribution in [0.4, 0.5) is 0 Å². The Hall–Kier alpha value is -0.160. The molecule has 2 atom stereocenters. The van der Waals surface area contributed by atoms with Crippen LogP contribution in [0.15, 0.2) is 0 Å². The molecule has 2 aliphatic rings. The van der Waals surface area contributed by atoms with Gasteiger partial charge in [-0.25, -0.2) is 0 Å². The molecule has 0 aromatic carbocycles. The van der Waals surface area contributed by atoms with Crippen molar-refractivity contribution in [2.75, 3.05) is 32.7 Å². The molecule has 0 radical (unpaired) electrons. The highest BCUT2D eigenvalue weighted by Gasteiger charge is 2.48. The second kappa shape index (κ2) is 6.53. The van der Waals surface area contributed by atoms with E-state index in [4.69, 9.17) is 10.5 Å². The summed E-state index contributed by atoms with van der Waals surface area (Å²) in [6, 6.07) is 1.21. The molecule has 2 N–H and O–H groups in total. The van der Waals surface area contributed by atoms with Gasteiger partial charge >= 0.3 is 0 Å². The Morgan fingerprint density at radius 3 is 2.19 bits per heavy atom. The minimum absolute atomic E-state index is 0.0107. The molecule has 0 aliphatic carbocycles. The predicted octanol–water partition coefficient (Wildman–Crippen LogP) is 2.08. The maximum Gasteiger partial charge on any atom is 0.0789 e. The number of nitrogens with two attached hydrogens (primary N) is 1. The number of nitrogens with zero attached hydrogens (tertiary/aromatic N) is 2. The van der Waals surface area contributed by atoms with E-state index in [1.165, 1.54) is 19.5 Å². The van der Waals surface area contributed by atoms with Gasteiger partial charge in [0.2, 0.25) is 0 Å². The largest absolute Gasteiger partial charge is 0.368 e. The van der Waals surface area contributed by atoms with Crippen LogP contribution in [0.2, 0.25) is 0 Å². The molecule has 2 rings (SSSR count). The fourth-order valence-corrected chi connectivity index (χ4v) is 4.35. The van der Waals surface area contributed by atoms with E-state index in [1.54, 1.807) is 0 Å². The molecule has 2 heterocycles. The molecular weight excluding hydrogens is 262 g/mol. The van der Waals surface area contributed by atoms with E-state index in [2.05, 4.69) is 44.4 Å². The van der Waals surface area contributed by atoms with Gasteiger partial charge in [-0.3, -0.25) is 9.80 Å². The Bertz CT molecular complexity index is 335. The third kappa shape index (κ3) is 3.98. The Labute approximate surface area is 131 Å². The first-order valence-electron chi connectivity index (χ1n) is 8.67. The van der Waals surface area contributed by atoms with E-state index < -0.39 is 0 Å². The Balaban J connectivity index is 1.92. The summed E-state index contributed by atoms with van der Waals surface area (Å²) in [6.07, 6.45) is 3.48. The Morgan fingerprint density at radius 2 is 1.76 bits per heavy atom. The number of rotatable bonds is 5. The first kappa shape index (κ1) is 17.2. The normalized spacial score (nSPS) is 31.4. The van der Waals surface area contributed by atoms with E-state index in [9.17, 15) is 0 Å². The fourth-order valence-electron chi connectivity index (χ4n) is 4.35. The molecule has 2 unspecified atom stereocenters. The second-order valence-corrected chi connectivity index (χ2v) is 7.90. The molecular formula is C17H35N3O. The molecule has 0 saturated carbocycles. The lowest BCUT2D eigenvalue weighted by atomic mass is 9.92. The molecule has 0 spiro atoms. The maximum absolute atomic E-state index is 6.26. The molecule has 0 aromatic heterocycles. The first-order valence-corrected chi connectivity index (χ1v) is 8.67. The molecule has 4 nitrogen and oxygen atoms in total. The van der Waals surface area contributed by atoms with E-state index in [0.717, 1.165) is 32.5 Å². The van der Waals surface area contributed by atoms with Gasteiger partial charge in [0.25, 0.3) is 0 Å². The minimum atomic E-state index is -0.0346. The van der Waals surface area contributed by atoms with Crippen LogP contribution in [-0.2, 0) is 4.74 Å². The molecule has 0 aromatic rings. The van der Waals surface area contributed by atoms with Crippen molar-refractivity contribution in [2.24, 2.45) is 5.73 Å². The van der Waals surface area contributed by atoms with Crippen molar-refractivity contribution in [3.63, 3.8) is 0 Å². The average Bonchev–Trinajstić information content (AvgIpc) is 2.64. The summed E-state index contributed by atoms with van der Waals surface area (Å²) in [4.78, 5) is 5.29. The van der Waals surface area contributed by atoms with Gasteiger partial charge < -0.3 is 10.5 Å². The molecule has 2 aliphatic heterocycles. The quantitative estimate of drug-likeness (QED) is 0.843. The van der Waals surface area contributed by atoms with Crippen molar-refractivity contribution in [2.45, 2.75) is 77.2 Å². The monoisotopic (exact) mass is 297 g/mol. The summed E-state index contributed by atoms with van der Waals surface area (Å²) in [7, 11) is 0. The van der Waals surface area contributed by atoms with Crippen LogP contribution >= 0.6 is 0 Å². The molecule has 21 heavy (non-hydrogen) atoms. The summed E-state index contributed by atoms with van der Waals surface area (Å²) in [5, 5.41) is 0. The fraction of sp³-hybridized carbons (Fsp3) is 1.00. The van der Waals surface area contributed by atoms with Crippen molar-refractivity contribution >= 4 is 0 Å². The molecule has 2 saturated heterocycles. The van der Waals surface area contributed by atoms with Crippen molar-refractivity contribution in [1.29, 1.82) is 0 Å².